The molecule has 0 aliphatic carbocycles. The smallest absolute Gasteiger partial charge is 0.277 e. The number of ether oxygens (including phenoxy) is 1. The summed E-state index contributed by atoms with van der Waals surface area (Å²) in [6.07, 6.45) is 2.61. The summed E-state index contributed by atoms with van der Waals surface area (Å²) in [5.74, 6) is 0.557. The van der Waals surface area contributed by atoms with E-state index in [-0.39, 0.29) is 18.1 Å². The highest BCUT2D eigenvalue weighted by Gasteiger charge is 2.34. The van der Waals surface area contributed by atoms with E-state index in [0.29, 0.717) is 21.7 Å². The highest BCUT2D eigenvalue weighted by Crippen LogP contribution is 2.44. The molecular weight excluding hydrogens is 409 g/mol. The van der Waals surface area contributed by atoms with Gasteiger partial charge in [-0.05, 0) is 62.1 Å². The summed E-state index contributed by atoms with van der Waals surface area (Å²) in [7, 11) is 2.09. The molecule has 1 aliphatic heterocycles. The third-order valence-corrected chi connectivity index (χ3v) is 5.87. The Morgan fingerprint density at radius 1 is 1.34 bits per heavy atom. The Hall–Kier alpha value is -2.24. The molecule has 0 fully saturated rings. The van der Waals surface area contributed by atoms with Crippen LogP contribution >= 0.6 is 23.2 Å². The largest absolute Gasteiger partial charge is 0.484 e. The fourth-order valence-electron chi connectivity index (χ4n) is 3.62. The second kappa shape index (κ2) is 8.64. The maximum atomic E-state index is 12.0. The van der Waals surface area contributed by atoms with Gasteiger partial charge in [-0.3, -0.25) is 4.79 Å². The quantitative estimate of drug-likeness (QED) is 0.517. The highest BCUT2D eigenvalue weighted by atomic mass is 35.5. The van der Waals surface area contributed by atoms with Crippen molar-refractivity contribution in [1.29, 1.82) is 0 Å². The van der Waals surface area contributed by atoms with Gasteiger partial charge in [-0.1, -0.05) is 36.2 Å². The standard InChI is InChI=1S/C22H25Cl2N3O2/c1-14-11-22(2,3)27(4)20-10-19(24)15(8-18(14)20)12-25-26-21(28)13-29-17-7-5-6-16(23)9-17/h5-10,12,14H,11,13H2,1-4H3,(H,26,28)/b25-12+/t14-/m0/s1. The number of nitrogens with zero attached hydrogens (tertiary/aromatic N) is 2. The summed E-state index contributed by atoms with van der Waals surface area (Å²) in [5, 5.41) is 5.16. The van der Waals surface area contributed by atoms with Crippen LogP contribution in [-0.4, -0.2) is 31.3 Å². The zero-order valence-electron chi connectivity index (χ0n) is 17.0. The molecule has 1 atom stereocenters. The van der Waals surface area contributed by atoms with Gasteiger partial charge in [0.15, 0.2) is 6.61 Å². The molecule has 7 heteroatoms. The summed E-state index contributed by atoms with van der Waals surface area (Å²) in [4.78, 5) is 14.2. The van der Waals surface area contributed by atoms with Gasteiger partial charge < -0.3 is 9.64 Å². The van der Waals surface area contributed by atoms with Crippen molar-refractivity contribution < 1.29 is 9.53 Å². The van der Waals surface area contributed by atoms with E-state index in [1.54, 1.807) is 30.5 Å². The van der Waals surface area contributed by atoms with Gasteiger partial charge in [-0.2, -0.15) is 5.10 Å². The Kier molecular flexibility index (Phi) is 6.39. The zero-order chi connectivity index (χ0) is 21.2. The van der Waals surface area contributed by atoms with Gasteiger partial charge >= 0.3 is 0 Å². The second-order valence-electron chi connectivity index (χ2n) is 7.95. The van der Waals surface area contributed by atoms with Gasteiger partial charge in [0, 0.05) is 28.9 Å². The Balaban J connectivity index is 1.65. The van der Waals surface area contributed by atoms with E-state index in [2.05, 4.69) is 43.2 Å². The maximum absolute atomic E-state index is 12.0. The van der Waals surface area contributed by atoms with Crippen LogP contribution in [-0.2, 0) is 4.79 Å². The Labute approximate surface area is 181 Å². The van der Waals surface area contributed by atoms with Crippen molar-refractivity contribution in [2.45, 2.75) is 38.6 Å². The summed E-state index contributed by atoms with van der Waals surface area (Å²) in [5.41, 5.74) is 5.66. The molecular formula is C22H25Cl2N3O2. The maximum Gasteiger partial charge on any atom is 0.277 e. The van der Waals surface area contributed by atoms with Crippen LogP contribution in [0.1, 0.15) is 44.2 Å². The number of halogens is 2. The average Bonchev–Trinajstić information content (AvgIpc) is 2.65. The number of benzene rings is 2. The van der Waals surface area contributed by atoms with Crippen LogP contribution < -0.4 is 15.1 Å². The number of carbonyl (C=O) groups is 1. The molecule has 0 saturated carbocycles. The van der Waals surface area contributed by atoms with Crippen LogP contribution in [0.15, 0.2) is 41.5 Å². The molecule has 1 aliphatic rings. The van der Waals surface area contributed by atoms with E-state index in [4.69, 9.17) is 27.9 Å². The number of carbonyl (C=O) groups excluding carboxylic acids is 1. The number of nitrogens with one attached hydrogen (secondary N) is 1. The number of rotatable bonds is 5. The van der Waals surface area contributed by atoms with E-state index >= 15 is 0 Å². The minimum absolute atomic E-state index is 0.0717. The van der Waals surface area contributed by atoms with Crippen LogP contribution in [0.4, 0.5) is 5.69 Å². The molecule has 0 bridgehead atoms. The third-order valence-electron chi connectivity index (χ3n) is 5.31. The normalized spacial score (nSPS) is 17.9. The van der Waals surface area contributed by atoms with Gasteiger partial charge in [0.05, 0.1) is 11.2 Å². The second-order valence-corrected chi connectivity index (χ2v) is 8.79. The van der Waals surface area contributed by atoms with Crippen molar-refractivity contribution in [3.63, 3.8) is 0 Å². The molecule has 1 heterocycles. The Morgan fingerprint density at radius 3 is 2.83 bits per heavy atom. The van der Waals surface area contributed by atoms with Crippen LogP contribution in [0, 0.1) is 0 Å². The van der Waals surface area contributed by atoms with Gasteiger partial charge in [-0.25, -0.2) is 5.43 Å². The van der Waals surface area contributed by atoms with Crippen molar-refractivity contribution in [3.05, 3.63) is 57.6 Å². The molecule has 0 unspecified atom stereocenters. The van der Waals surface area contributed by atoms with Gasteiger partial charge in [0.2, 0.25) is 0 Å². The fraction of sp³-hybridized carbons (Fsp3) is 0.364. The minimum Gasteiger partial charge on any atom is -0.484 e. The van der Waals surface area contributed by atoms with E-state index in [0.717, 1.165) is 17.7 Å². The molecule has 2 aromatic rings. The van der Waals surface area contributed by atoms with Crippen molar-refractivity contribution in [2.75, 3.05) is 18.6 Å². The van der Waals surface area contributed by atoms with Crippen molar-refractivity contribution in [2.24, 2.45) is 5.10 Å². The first-order valence-electron chi connectivity index (χ1n) is 9.45. The predicted octanol–water partition coefficient (Wildman–Crippen LogP) is 5.24. The van der Waals surface area contributed by atoms with Gasteiger partial charge in [0.25, 0.3) is 5.91 Å². The molecule has 29 heavy (non-hydrogen) atoms. The van der Waals surface area contributed by atoms with E-state index in [1.807, 2.05) is 12.1 Å². The molecule has 0 aromatic heterocycles. The first kappa shape index (κ1) is 21.5. The van der Waals surface area contributed by atoms with Crippen LogP contribution in [0.3, 0.4) is 0 Å². The zero-order valence-corrected chi connectivity index (χ0v) is 18.5. The molecule has 0 radical (unpaired) electrons. The Morgan fingerprint density at radius 2 is 2.10 bits per heavy atom. The predicted molar refractivity (Wildman–Crippen MR) is 120 cm³/mol. The third kappa shape index (κ3) is 5.03. The summed E-state index contributed by atoms with van der Waals surface area (Å²) >= 11 is 12.4. The van der Waals surface area contributed by atoms with E-state index in [9.17, 15) is 4.79 Å². The summed E-state index contributed by atoms with van der Waals surface area (Å²) in [6, 6.07) is 10.9. The highest BCUT2D eigenvalue weighted by molar-refractivity contribution is 6.33. The summed E-state index contributed by atoms with van der Waals surface area (Å²) in [6.45, 7) is 6.53. The molecule has 154 valence electrons. The molecule has 0 spiro atoms. The van der Waals surface area contributed by atoms with Crippen LogP contribution in [0.2, 0.25) is 10.0 Å². The number of hydrogen-bond donors (Lipinski definition) is 1. The molecule has 1 N–H and O–H groups in total. The average molecular weight is 434 g/mol. The molecule has 3 rings (SSSR count). The Bertz CT molecular complexity index is 944. The first-order valence-corrected chi connectivity index (χ1v) is 10.2. The van der Waals surface area contributed by atoms with Gasteiger partial charge in [-0.15, -0.1) is 0 Å². The molecule has 2 aromatic carbocycles. The lowest BCUT2D eigenvalue weighted by molar-refractivity contribution is -0.123. The monoisotopic (exact) mass is 433 g/mol. The number of hydrazone groups is 1. The number of hydrogen-bond acceptors (Lipinski definition) is 4. The number of amides is 1. The van der Waals surface area contributed by atoms with Crippen LogP contribution in [0.25, 0.3) is 0 Å². The molecule has 0 saturated heterocycles. The lowest BCUT2D eigenvalue weighted by atomic mass is 9.80. The number of fused-ring (bicyclic) bond motifs is 1. The van der Waals surface area contributed by atoms with Crippen LogP contribution in [0.5, 0.6) is 5.75 Å². The van der Waals surface area contributed by atoms with Crippen molar-refractivity contribution in [3.8, 4) is 5.75 Å². The fourth-order valence-corrected chi connectivity index (χ4v) is 4.00. The molecule has 5 nitrogen and oxygen atoms in total. The molecule has 1 amide bonds. The lowest BCUT2D eigenvalue weighted by Gasteiger charge is -2.45. The summed E-state index contributed by atoms with van der Waals surface area (Å²) < 4.78 is 5.39. The lowest BCUT2D eigenvalue weighted by Crippen LogP contribution is -2.45. The SMILES string of the molecule is C[C@H]1CC(C)(C)N(C)c2cc(Cl)c(/C=N/NC(=O)COc3cccc(Cl)c3)cc21. The first-order chi connectivity index (χ1) is 13.7. The topological polar surface area (TPSA) is 53.9 Å². The van der Waals surface area contributed by atoms with E-state index in [1.165, 1.54) is 5.56 Å². The van der Waals surface area contributed by atoms with Crippen molar-refractivity contribution in [1.82, 2.24) is 5.43 Å². The minimum atomic E-state index is -0.370. The van der Waals surface area contributed by atoms with E-state index < -0.39 is 0 Å². The van der Waals surface area contributed by atoms with Crippen molar-refractivity contribution >= 4 is 41.0 Å². The number of anilines is 1. The van der Waals surface area contributed by atoms with Gasteiger partial charge in [0.1, 0.15) is 5.75 Å².